The van der Waals surface area contributed by atoms with Crippen LogP contribution in [0.1, 0.15) is 25.3 Å². The molecule has 6 nitrogen and oxygen atoms in total. The molecule has 2 aromatic rings. The first-order valence-electron chi connectivity index (χ1n) is 8.77. The van der Waals surface area contributed by atoms with Gasteiger partial charge in [-0.1, -0.05) is 0 Å². The first-order valence-corrected chi connectivity index (χ1v) is 8.77. The summed E-state index contributed by atoms with van der Waals surface area (Å²) in [4.78, 5) is 20.9. The van der Waals surface area contributed by atoms with Crippen molar-refractivity contribution >= 4 is 11.6 Å². The number of nitrogens with zero attached hydrogens (tertiary/aromatic N) is 3. The predicted octanol–water partition coefficient (Wildman–Crippen LogP) is 2.46. The van der Waals surface area contributed by atoms with E-state index in [1.807, 2.05) is 23.1 Å². The van der Waals surface area contributed by atoms with Crippen LogP contribution in [0.4, 0.5) is 5.69 Å². The molecule has 1 atom stereocenters. The maximum atomic E-state index is 12.5. The Balaban J connectivity index is 1.48. The second-order valence-electron chi connectivity index (χ2n) is 6.91. The summed E-state index contributed by atoms with van der Waals surface area (Å²) < 4.78 is 11.3. The highest BCUT2D eigenvalue weighted by atomic mass is 16.5. The Morgan fingerprint density at radius 3 is 2.84 bits per heavy atom. The van der Waals surface area contributed by atoms with Crippen LogP contribution in [0.3, 0.4) is 0 Å². The highest BCUT2D eigenvalue weighted by Crippen LogP contribution is 2.37. The molecule has 0 bridgehead atoms. The van der Waals surface area contributed by atoms with Crippen molar-refractivity contribution < 1.29 is 13.9 Å². The molecule has 1 spiro atoms. The van der Waals surface area contributed by atoms with Crippen molar-refractivity contribution in [3.05, 3.63) is 48.7 Å². The summed E-state index contributed by atoms with van der Waals surface area (Å²) in [6, 6.07) is 5.81. The molecular formula is C19H23N3O3. The van der Waals surface area contributed by atoms with Gasteiger partial charge in [0.05, 0.1) is 36.1 Å². The van der Waals surface area contributed by atoms with Crippen LogP contribution in [-0.4, -0.2) is 47.1 Å². The van der Waals surface area contributed by atoms with Crippen LogP contribution in [0.5, 0.6) is 0 Å². The number of carbonyl (C=O) groups excluding carboxylic acids is 1. The quantitative estimate of drug-likeness (QED) is 0.858. The second-order valence-corrected chi connectivity index (χ2v) is 6.91. The minimum Gasteiger partial charge on any atom is -0.472 e. The first kappa shape index (κ1) is 16.3. The van der Waals surface area contributed by atoms with Gasteiger partial charge < -0.3 is 14.1 Å². The Kier molecular flexibility index (Phi) is 4.31. The predicted molar refractivity (Wildman–Crippen MR) is 93.1 cm³/mol. The number of hydrogen-bond acceptors (Lipinski definition) is 5. The molecule has 6 heteroatoms. The van der Waals surface area contributed by atoms with Crippen molar-refractivity contribution in [1.29, 1.82) is 0 Å². The minimum atomic E-state index is -0.281. The zero-order valence-corrected chi connectivity index (χ0v) is 14.4. The molecule has 2 aliphatic heterocycles. The van der Waals surface area contributed by atoms with Crippen LogP contribution in [-0.2, 0) is 16.1 Å². The topological polar surface area (TPSA) is 58.8 Å². The molecule has 2 aliphatic rings. The fourth-order valence-corrected chi connectivity index (χ4v) is 4.00. The number of furan rings is 1. The monoisotopic (exact) mass is 341 g/mol. The normalized spacial score (nSPS) is 24.0. The molecule has 0 saturated carbocycles. The van der Waals surface area contributed by atoms with E-state index >= 15 is 0 Å². The number of rotatable bonds is 3. The van der Waals surface area contributed by atoms with E-state index in [1.54, 1.807) is 24.9 Å². The van der Waals surface area contributed by atoms with E-state index in [1.165, 1.54) is 5.56 Å². The Bertz CT molecular complexity index is 709. The molecule has 0 aliphatic carbocycles. The van der Waals surface area contributed by atoms with E-state index in [4.69, 9.17) is 9.15 Å². The number of likely N-dealkylation sites (tertiary alicyclic amines) is 1. The third-order valence-corrected chi connectivity index (χ3v) is 5.51. The Labute approximate surface area is 147 Å². The Hall–Kier alpha value is -2.18. The smallest absolute Gasteiger partial charge is 0.253 e. The molecule has 1 amide bonds. The summed E-state index contributed by atoms with van der Waals surface area (Å²) in [6.45, 7) is 5.03. The van der Waals surface area contributed by atoms with Gasteiger partial charge in [0.15, 0.2) is 0 Å². The molecular weight excluding hydrogens is 318 g/mol. The minimum absolute atomic E-state index is 0.00553. The van der Waals surface area contributed by atoms with Gasteiger partial charge in [0, 0.05) is 31.4 Å². The Morgan fingerprint density at radius 2 is 2.16 bits per heavy atom. The zero-order chi connectivity index (χ0) is 17.3. The number of carbonyl (C=O) groups is 1. The van der Waals surface area contributed by atoms with E-state index in [9.17, 15) is 4.79 Å². The van der Waals surface area contributed by atoms with E-state index in [0.29, 0.717) is 0 Å². The molecule has 2 fully saturated rings. The molecule has 2 saturated heterocycles. The lowest BCUT2D eigenvalue weighted by Crippen LogP contribution is -2.64. The van der Waals surface area contributed by atoms with E-state index in [-0.39, 0.29) is 24.2 Å². The summed E-state index contributed by atoms with van der Waals surface area (Å²) in [5.74, 6) is 0.00644. The lowest BCUT2D eigenvalue weighted by molar-refractivity contribution is -0.152. The molecule has 4 heterocycles. The molecule has 0 radical (unpaired) electrons. The van der Waals surface area contributed by atoms with Gasteiger partial charge in [-0.3, -0.25) is 14.7 Å². The summed E-state index contributed by atoms with van der Waals surface area (Å²) in [6.07, 6.45) is 8.81. The fraction of sp³-hybridized carbons (Fsp3) is 0.474. The third kappa shape index (κ3) is 3.07. The van der Waals surface area contributed by atoms with E-state index in [2.05, 4.69) is 16.8 Å². The number of amides is 1. The largest absolute Gasteiger partial charge is 0.472 e. The molecule has 0 unspecified atom stereocenters. The molecule has 2 aromatic heterocycles. The van der Waals surface area contributed by atoms with Crippen LogP contribution < -0.4 is 4.90 Å². The van der Waals surface area contributed by atoms with Gasteiger partial charge in [0.25, 0.3) is 5.91 Å². The van der Waals surface area contributed by atoms with E-state index < -0.39 is 0 Å². The SMILES string of the molecule is C[C@@H]1N(c2cccnc2)C(=O)COC12CCN(Cc1ccoc1)CC2. The van der Waals surface area contributed by atoms with Crippen LogP contribution in [0.15, 0.2) is 47.5 Å². The molecule has 0 N–H and O–H groups in total. The second kappa shape index (κ2) is 6.61. The molecule has 4 rings (SSSR count). The highest BCUT2D eigenvalue weighted by molar-refractivity contribution is 5.95. The van der Waals surface area contributed by atoms with Crippen molar-refractivity contribution in [3.8, 4) is 0 Å². The van der Waals surface area contributed by atoms with Crippen molar-refractivity contribution in [3.63, 3.8) is 0 Å². The third-order valence-electron chi connectivity index (χ3n) is 5.51. The Morgan fingerprint density at radius 1 is 1.32 bits per heavy atom. The van der Waals surface area contributed by atoms with Crippen molar-refractivity contribution in [2.45, 2.75) is 38.0 Å². The van der Waals surface area contributed by atoms with Crippen molar-refractivity contribution in [2.24, 2.45) is 0 Å². The molecule has 25 heavy (non-hydrogen) atoms. The van der Waals surface area contributed by atoms with Crippen LogP contribution in [0, 0.1) is 0 Å². The van der Waals surface area contributed by atoms with Gasteiger partial charge in [-0.2, -0.15) is 0 Å². The number of aromatic nitrogens is 1. The number of morpholine rings is 1. The lowest BCUT2D eigenvalue weighted by Gasteiger charge is -2.51. The average Bonchev–Trinajstić information content (AvgIpc) is 3.15. The summed E-state index contributed by atoms with van der Waals surface area (Å²) in [5.41, 5.74) is 1.76. The standard InChI is InChI=1S/C19H23N3O3/c1-15-19(5-8-21(9-6-19)12-16-4-10-24-13-16)25-14-18(23)22(15)17-3-2-7-20-11-17/h2-4,7,10-11,13,15H,5-6,8-9,12,14H2,1H3/t15-/m0/s1. The van der Waals surface area contributed by atoms with Crippen LogP contribution in [0.25, 0.3) is 0 Å². The van der Waals surface area contributed by atoms with Gasteiger partial charge in [-0.15, -0.1) is 0 Å². The summed E-state index contributed by atoms with van der Waals surface area (Å²) in [7, 11) is 0. The van der Waals surface area contributed by atoms with E-state index in [0.717, 1.165) is 38.2 Å². The first-order chi connectivity index (χ1) is 12.2. The zero-order valence-electron chi connectivity index (χ0n) is 14.4. The van der Waals surface area contributed by atoms with Gasteiger partial charge in [-0.05, 0) is 38.0 Å². The van der Waals surface area contributed by atoms with Gasteiger partial charge in [-0.25, -0.2) is 0 Å². The van der Waals surface area contributed by atoms with Gasteiger partial charge >= 0.3 is 0 Å². The maximum absolute atomic E-state index is 12.5. The lowest BCUT2D eigenvalue weighted by atomic mass is 9.82. The van der Waals surface area contributed by atoms with Crippen molar-refractivity contribution in [2.75, 3.05) is 24.6 Å². The number of anilines is 1. The van der Waals surface area contributed by atoms with Crippen LogP contribution >= 0.6 is 0 Å². The number of hydrogen-bond donors (Lipinski definition) is 0. The van der Waals surface area contributed by atoms with Crippen molar-refractivity contribution in [1.82, 2.24) is 9.88 Å². The molecule has 132 valence electrons. The number of pyridine rings is 1. The maximum Gasteiger partial charge on any atom is 0.253 e. The number of piperidine rings is 1. The van der Waals surface area contributed by atoms with Gasteiger partial charge in [0.1, 0.15) is 6.61 Å². The fourth-order valence-electron chi connectivity index (χ4n) is 4.00. The van der Waals surface area contributed by atoms with Gasteiger partial charge in [0.2, 0.25) is 0 Å². The summed E-state index contributed by atoms with van der Waals surface area (Å²) >= 11 is 0. The van der Waals surface area contributed by atoms with Crippen LogP contribution in [0.2, 0.25) is 0 Å². The summed E-state index contributed by atoms with van der Waals surface area (Å²) in [5, 5.41) is 0. The number of ether oxygens (including phenoxy) is 1. The molecule has 0 aromatic carbocycles. The average molecular weight is 341 g/mol. The highest BCUT2D eigenvalue weighted by Gasteiger charge is 2.48.